The van der Waals surface area contributed by atoms with Crippen molar-refractivity contribution >= 4 is 44.1 Å². The van der Waals surface area contributed by atoms with E-state index in [1.807, 2.05) is 24.3 Å². The number of fused-ring (bicyclic) bond motifs is 20. The van der Waals surface area contributed by atoms with Crippen molar-refractivity contribution in [3.05, 3.63) is 72.8 Å². The Morgan fingerprint density at radius 3 is 0.750 bits per heavy atom. The van der Waals surface area contributed by atoms with E-state index < -0.39 is 0 Å². The lowest BCUT2D eigenvalue weighted by Crippen LogP contribution is -2.03. The number of benzene rings is 4. The second-order valence-electron chi connectivity index (χ2n) is 20.9. The highest BCUT2D eigenvalue weighted by molar-refractivity contribution is 6.08. The molecule has 0 atom stereocenters. The Balaban J connectivity index is 1.20. The molecule has 0 saturated heterocycles. The Labute approximate surface area is 450 Å². The zero-order valence-electron chi connectivity index (χ0n) is 46.0. The molecule has 0 unspecified atom stereocenters. The first-order chi connectivity index (χ1) is 37.6. The smallest absolute Gasteiger partial charge is 0.164 e. The number of unbranched alkanes of at least 4 members (excludes halogenated alkanes) is 20. The molecule has 0 amide bonds. The molecule has 0 fully saturated rings. The molecule has 2 aliphatic rings. The average molecular weight is 1030 g/mol. The van der Waals surface area contributed by atoms with Gasteiger partial charge in [-0.1, -0.05) is 205 Å². The molecule has 0 saturated carbocycles. The summed E-state index contributed by atoms with van der Waals surface area (Å²) in [5.74, 6) is 4.99. The molecule has 402 valence electrons. The summed E-state index contributed by atoms with van der Waals surface area (Å²) in [5.41, 5.74) is 5.96. The summed E-state index contributed by atoms with van der Waals surface area (Å²) >= 11 is 0. The van der Waals surface area contributed by atoms with Gasteiger partial charge in [0.1, 0.15) is 22.6 Å². The van der Waals surface area contributed by atoms with Crippen molar-refractivity contribution in [2.45, 2.75) is 182 Å². The fourth-order valence-corrected chi connectivity index (χ4v) is 10.4. The molecule has 4 aromatic carbocycles. The summed E-state index contributed by atoms with van der Waals surface area (Å²) in [6.07, 6.45) is 28.3. The molecule has 76 heavy (non-hydrogen) atoms. The maximum Gasteiger partial charge on any atom is 0.164 e. The molecular formula is C64H82N8O4. The number of nitrogens with one attached hydrogen (secondary N) is 2. The number of H-pyrrole nitrogens is 2. The van der Waals surface area contributed by atoms with Crippen LogP contribution in [0.2, 0.25) is 0 Å². The Hall–Kier alpha value is -6.56. The van der Waals surface area contributed by atoms with Crippen LogP contribution in [0.1, 0.15) is 182 Å². The Morgan fingerprint density at radius 1 is 0.289 bits per heavy atom. The standard InChI is InChI=1S/C64H82N8O4/c1-5-9-13-17-21-29-37-73-53-41-49-50(42-54(53)74-38-30-22-18-14-10-6-2)62-68-58-47-35-27-28-36-48(47)60(66-58)70-64-52-44-56(76-40-32-24-20-16-12-8-4)55(75-39-31-23-19-15-11-7-3)43-51(52)63(72-64)69-59-46-34-26-25-33-45(46)57(65-59)67-61(49)71-62/h25-28,33-36,41-44H,5-24,29-32,37-40H2,1-4H3,(H2,65,66,67,68,69,70,71,72). The van der Waals surface area contributed by atoms with Crippen molar-refractivity contribution in [1.82, 2.24) is 39.9 Å². The molecule has 5 heterocycles. The van der Waals surface area contributed by atoms with Crippen LogP contribution in [0.25, 0.3) is 89.7 Å². The predicted molar refractivity (Wildman–Crippen MR) is 312 cm³/mol. The first kappa shape index (κ1) is 54.2. The van der Waals surface area contributed by atoms with Crippen LogP contribution >= 0.6 is 0 Å². The molecule has 12 heteroatoms. The molecule has 8 bridgehead atoms. The van der Waals surface area contributed by atoms with Crippen molar-refractivity contribution in [3.63, 3.8) is 0 Å². The van der Waals surface area contributed by atoms with Gasteiger partial charge in [-0.2, -0.15) is 0 Å². The minimum atomic E-state index is 0.544. The minimum absolute atomic E-state index is 0.544. The topological polar surface area (TPSA) is 146 Å². The fraction of sp³-hybridized carbons (Fsp3) is 0.500. The van der Waals surface area contributed by atoms with Crippen LogP contribution in [0, 0.1) is 0 Å². The third-order valence-corrected chi connectivity index (χ3v) is 14.8. The number of aromatic nitrogens is 8. The van der Waals surface area contributed by atoms with E-state index in [1.165, 1.54) is 103 Å². The number of hydrogen-bond donors (Lipinski definition) is 2. The van der Waals surface area contributed by atoms with Gasteiger partial charge >= 0.3 is 0 Å². The number of aromatic amines is 2. The van der Waals surface area contributed by atoms with Gasteiger partial charge in [0.25, 0.3) is 0 Å². The maximum absolute atomic E-state index is 6.65. The van der Waals surface area contributed by atoms with Gasteiger partial charge in [-0.3, -0.25) is 0 Å². The number of nitrogens with zero attached hydrogens (tertiary/aromatic N) is 6. The summed E-state index contributed by atoms with van der Waals surface area (Å²) in [6.45, 7) is 11.4. The number of ether oxygens (including phenoxy) is 4. The van der Waals surface area contributed by atoms with Crippen LogP contribution in [0.5, 0.6) is 23.0 Å². The van der Waals surface area contributed by atoms with E-state index in [0.29, 0.717) is 95.3 Å². The number of hydrogen-bond acceptors (Lipinski definition) is 10. The van der Waals surface area contributed by atoms with Crippen LogP contribution in [-0.4, -0.2) is 66.3 Å². The van der Waals surface area contributed by atoms with Crippen molar-refractivity contribution in [3.8, 4) is 68.5 Å². The van der Waals surface area contributed by atoms with Crippen molar-refractivity contribution in [1.29, 1.82) is 0 Å². The quantitative estimate of drug-likeness (QED) is 0.0391. The van der Waals surface area contributed by atoms with Gasteiger partial charge in [0, 0.05) is 43.8 Å². The van der Waals surface area contributed by atoms with E-state index in [9.17, 15) is 0 Å². The third-order valence-electron chi connectivity index (χ3n) is 14.8. The van der Waals surface area contributed by atoms with E-state index in [4.69, 9.17) is 48.9 Å². The summed E-state index contributed by atoms with van der Waals surface area (Å²) in [7, 11) is 0. The highest BCUT2D eigenvalue weighted by atomic mass is 16.5. The first-order valence-corrected chi connectivity index (χ1v) is 29.4. The largest absolute Gasteiger partial charge is 0.490 e. The highest BCUT2D eigenvalue weighted by Crippen LogP contribution is 2.41. The van der Waals surface area contributed by atoms with Crippen LogP contribution in [-0.2, 0) is 0 Å². The molecular weight excluding hydrogens is 945 g/mol. The van der Waals surface area contributed by atoms with Crippen molar-refractivity contribution < 1.29 is 18.9 Å². The molecule has 0 spiro atoms. The lowest BCUT2D eigenvalue weighted by molar-refractivity contribution is 0.259. The van der Waals surface area contributed by atoms with Crippen molar-refractivity contribution in [2.75, 3.05) is 26.4 Å². The molecule has 9 rings (SSSR count). The number of rotatable bonds is 32. The van der Waals surface area contributed by atoms with Crippen LogP contribution in [0.15, 0.2) is 72.8 Å². The summed E-state index contributed by atoms with van der Waals surface area (Å²) < 4.78 is 26.6. The van der Waals surface area contributed by atoms with Gasteiger partial charge in [0.2, 0.25) is 0 Å². The summed E-state index contributed by atoms with van der Waals surface area (Å²) in [5, 5.41) is 3.40. The van der Waals surface area contributed by atoms with E-state index in [1.54, 1.807) is 0 Å². The highest BCUT2D eigenvalue weighted by Gasteiger charge is 2.24. The molecule has 0 aliphatic carbocycles. The zero-order chi connectivity index (χ0) is 52.3. The Kier molecular flexibility index (Phi) is 20.0. The van der Waals surface area contributed by atoms with Gasteiger partial charge in [-0.25, -0.2) is 29.9 Å². The van der Waals surface area contributed by atoms with E-state index in [-0.39, 0.29) is 0 Å². The minimum Gasteiger partial charge on any atom is -0.490 e. The average Bonchev–Trinajstić information content (AvgIpc) is 4.17. The van der Waals surface area contributed by atoms with Gasteiger partial charge in [-0.05, 0) is 49.9 Å². The van der Waals surface area contributed by atoms with E-state index in [0.717, 1.165) is 95.2 Å². The normalized spacial score (nSPS) is 11.8. The van der Waals surface area contributed by atoms with Crippen LogP contribution in [0.4, 0.5) is 0 Å². The van der Waals surface area contributed by atoms with Gasteiger partial charge in [0.15, 0.2) is 46.3 Å². The second-order valence-corrected chi connectivity index (χ2v) is 20.9. The zero-order valence-corrected chi connectivity index (χ0v) is 46.0. The first-order valence-electron chi connectivity index (χ1n) is 29.4. The van der Waals surface area contributed by atoms with Gasteiger partial charge in [0.05, 0.1) is 26.4 Å². The van der Waals surface area contributed by atoms with Crippen molar-refractivity contribution in [2.24, 2.45) is 0 Å². The molecule has 2 N–H and O–H groups in total. The lowest BCUT2D eigenvalue weighted by Gasteiger charge is -2.13. The molecule has 7 aromatic rings. The third kappa shape index (κ3) is 13.7. The van der Waals surface area contributed by atoms with E-state index in [2.05, 4.69) is 86.2 Å². The summed E-state index contributed by atoms with van der Waals surface area (Å²) in [4.78, 5) is 39.1. The predicted octanol–water partition coefficient (Wildman–Crippen LogP) is 17.8. The maximum atomic E-state index is 6.65. The Morgan fingerprint density at radius 2 is 0.513 bits per heavy atom. The molecule has 0 radical (unpaired) electrons. The van der Waals surface area contributed by atoms with Crippen LogP contribution < -0.4 is 18.9 Å². The van der Waals surface area contributed by atoms with E-state index >= 15 is 0 Å². The fourth-order valence-electron chi connectivity index (χ4n) is 10.4. The Bertz CT molecular complexity index is 2750. The molecule has 3 aromatic heterocycles. The molecule has 2 aliphatic heterocycles. The SMILES string of the molecule is CCCCCCCCOc1cc2c3nc4nc(nc5[nH]c(nc6nc(nc([nH]3)c2cc1OCCCCCCCC)-c1ccccc1-6)c1cc(OCCCCCCCC)c(OCCCCCCCC)cc51)-c1ccccc1-4. The molecule has 12 nitrogen and oxygen atoms in total. The van der Waals surface area contributed by atoms with Gasteiger partial charge < -0.3 is 28.9 Å². The summed E-state index contributed by atoms with van der Waals surface area (Å²) in [6, 6.07) is 24.6. The lowest BCUT2D eigenvalue weighted by atomic mass is 10.1. The van der Waals surface area contributed by atoms with Gasteiger partial charge in [-0.15, -0.1) is 0 Å². The second kappa shape index (κ2) is 28.0. The monoisotopic (exact) mass is 1030 g/mol. The van der Waals surface area contributed by atoms with Crippen LogP contribution in [0.3, 0.4) is 0 Å².